The number of aromatic amines is 1. The van der Waals surface area contributed by atoms with Crippen LogP contribution in [0.2, 0.25) is 0 Å². The lowest BCUT2D eigenvalue weighted by Gasteiger charge is -2.05. The van der Waals surface area contributed by atoms with Gasteiger partial charge in [0.05, 0.1) is 4.88 Å². The molecule has 8 heteroatoms. The summed E-state index contributed by atoms with van der Waals surface area (Å²) in [4.78, 5) is 9.52. The molecule has 0 saturated heterocycles. The van der Waals surface area contributed by atoms with Crippen molar-refractivity contribution in [3.63, 3.8) is 0 Å². The first-order valence-electron chi connectivity index (χ1n) is 6.89. The summed E-state index contributed by atoms with van der Waals surface area (Å²) in [5.74, 6) is 0.895. The molecule has 4 rings (SSSR count). The van der Waals surface area contributed by atoms with Gasteiger partial charge in [-0.3, -0.25) is 0 Å². The maximum atomic E-state index is 5.82. The van der Waals surface area contributed by atoms with E-state index in [1.807, 2.05) is 36.5 Å². The van der Waals surface area contributed by atoms with Crippen molar-refractivity contribution in [1.82, 2.24) is 25.4 Å². The second-order valence-corrected chi connectivity index (χ2v) is 5.94. The topological polar surface area (TPSA) is 103 Å². The largest absolute Gasteiger partial charge is 0.485 e. The predicted molar refractivity (Wildman–Crippen MR) is 88.0 cm³/mol. The van der Waals surface area contributed by atoms with Gasteiger partial charge in [0.25, 0.3) is 0 Å². The van der Waals surface area contributed by atoms with Crippen LogP contribution >= 0.6 is 11.3 Å². The third-order valence-corrected chi connectivity index (χ3v) is 4.24. The van der Waals surface area contributed by atoms with E-state index >= 15 is 0 Å². The Kier molecular flexibility index (Phi) is 3.35. The normalized spacial score (nSPS) is 11.0. The fraction of sp³-hybridized carbons (Fsp3) is 0.0667. The lowest BCUT2D eigenvalue weighted by Crippen LogP contribution is -1.97. The number of nitrogens with one attached hydrogen (secondary N) is 1. The van der Waals surface area contributed by atoms with Gasteiger partial charge >= 0.3 is 0 Å². The number of thiazole rings is 1. The average molecular weight is 324 g/mol. The van der Waals surface area contributed by atoms with E-state index in [1.165, 1.54) is 0 Å². The molecule has 0 amide bonds. The SMILES string of the molecule is Nc1cc(OCc2cnc(-c3ccccc3)s2)c2n[nH]nc2n1. The molecule has 0 unspecified atom stereocenters. The molecule has 1 aromatic carbocycles. The van der Waals surface area contributed by atoms with E-state index in [0.29, 0.717) is 29.3 Å². The second kappa shape index (κ2) is 5.65. The van der Waals surface area contributed by atoms with Gasteiger partial charge in [-0.1, -0.05) is 30.3 Å². The Balaban J connectivity index is 1.55. The van der Waals surface area contributed by atoms with Crippen molar-refractivity contribution < 1.29 is 4.74 Å². The van der Waals surface area contributed by atoms with Gasteiger partial charge in [-0.2, -0.15) is 10.3 Å². The summed E-state index contributed by atoms with van der Waals surface area (Å²) in [7, 11) is 0. The summed E-state index contributed by atoms with van der Waals surface area (Å²) in [6.07, 6.45) is 1.82. The Bertz CT molecular complexity index is 949. The highest BCUT2D eigenvalue weighted by molar-refractivity contribution is 7.15. The Morgan fingerprint density at radius 2 is 2.04 bits per heavy atom. The molecule has 3 N–H and O–H groups in total. The number of nitrogens with zero attached hydrogens (tertiary/aromatic N) is 4. The quantitative estimate of drug-likeness (QED) is 0.598. The van der Waals surface area contributed by atoms with E-state index in [4.69, 9.17) is 10.5 Å². The van der Waals surface area contributed by atoms with Gasteiger partial charge in [0.1, 0.15) is 17.4 Å². The number of ether oxygens (including phenoxy) is 1. The van der Waals surface area contributed by atoms with Crippen molar-refractivity contribution in [2.45, 2.75) is 6.61 Å². The van der Waals surface area contributed by atoms with Crippen LogP contribution in [0.25, 0.3) is 21.7 Å². The highest BCUT2D eigenvalue weighted by atomic mass is 32.1. The lowest BCUT2D eigenvalue weighted by atomic mass is 10.2. The maximum Gasteiger partial charge on any atom is 0.207 e. The van der Waals surface area contributed by atoms with E-state index in [1.54, 1.807) is 17.4 Å². The molecule has 114 valence electrons. The fourth-order valence-electron chi connectivity index (χ4n) is 2.17. The highest BCUT2D eigenvalue weighted by Gasteiger charge is 2.11. The minimum atomic E-state index is 0.343. The molecule has 0 atom stereocenters. The summed E-state index contributed by atoms with van der Waals surface area (Å²) < 4.78 is 5.82. The summed E-state index contributed by atoms with van der Waals surface area (Å²) >= 11 is 1.59. The number of benzene rings is 1. The second-order valence-electron chi connectivity index (χ2n) is 4.83. The van der Waals surface area contributed by atoms with Gasteiger partial charge in [-0.05, 0) is 0 Å². The molecule has 0 radical (unpaired) electrons. The van der Waals surface area contributed by atoms with E-state index in [9.17, 15) is 0 Å². The molecule has 3 aromatic heterocycles. The van der Waals surface area contributed by atoms with Gasteiger partial charge in [0.15, 0.2) is 11.3 Å². The van der Waals surface area contributed by atoms with Crippen LogP contribution in [0.5, 0.6) is 5.75 Å². The third kappa shape index (κ3) is 2.71. The van der Waals surface area contributed by atoms with E-state index in [-0.39, 0.29) is 0 Å². The molecule has 0 aliphatic carbocycles. The number of hydrogen-bond donors (Lipinski definition) is 2. The van der Waals surface area contributed by atoms with E-state index in [2.05, 4.69) is 25.4 Å². The molecule has 0 saturated carbocycles. The zero-order chi connectivity index (χ0) is 15.6. The minimum Gasteiger partial charge on any atom is -0.485 e. The van der Waals surface area contributed by atoms with E-state index < -0.39 is 0 Å². The molecule has 0 fully saturated rings. The molecular weight excluding hydrogens is 312 g/mol. The molecule has 0 aliphatic rings. The first kappa shape index (κ1) is 13.6. The first-order chi connectivity index (χ1) is 11.3. The summed E-state index contributed by atoms with van der Waals surface area (Å²) in [5.41, 5.74) is 7.84. The van der Waals surface area contributed by atoms with Crippen molar-refractivity contribution in [3.05, 3.63) is 47.5 Å². The fourth-order valence-corrected chi connectivity index (χ4v) is 3.00. The number of fused-ring (bicyclic) bond motifs is 1. The standard InChI is InChI=1S/C15H12N6OS/c16-12-6-11(13-14(18-12)20-21-19-13)22-8-10-7-17-15(23-10)9-4-2-1-3-5-9/h1-7H,8H2,(H3,16,18,19,20,21). The Hall–Kier alpha value is -3.00. The maximum absolute atomic E-state index is 5.82. The van der Waals surface area contributed by atoms with Crippen LogP contribution in [0.3, 0.4) is 0 Å². The van der Waals surface area contributed by atoms with Crippen LogP contribution in [0.1, 0.15) is 4.88 Å². The minimum absolute atomic E-state index is 0.343. The lowest BCUT2D eigenvalue weighted by molar-refractivity contribution is 0.312. The van der Waals surface area contributed by atoms with Gasteiger partial charge in [-0.25, -0.2) is 9.97 Å². The number of hydrogen-bond acceptors (Lipinski definition) is 7. The van der Waals surface area contributed by atoms with Crippen molar-refractivity contribution in [1.29, 1.82) is 0 Å². The molecule has 7 nitrogen and oxygen atoms in total. The molecule has 0 bridgehead atoms. The van der Waals surface area contributed by atoms with Crippen molar-refractivity contribution in [3.8, 4) is 16.3 Å². The van der Waals surface area contributed by atoms with Crippen molar-refractivity contribution >= 4 is 28.3 Å². The van der Waals surface area contributed by atoms with Gasteiger partial charge in [0, 0.05) is 17.8 Å². The number of rotatable bonds is 4. The third-order valence-electron chi connectivity index (χ3n) is 3.22. The zero-order valence-electron chi connectivity index (χ0n) is 11.9. The molecule has 23 heavy (non-hydrogen) atoms. The Labute approximate surface area is 135 Å². The van der Waals surface area contributed by atoms with Gasteiger partial charge in [0.2, 0.25) is 5.65 Å². The first-order valence-corrected chi connectivity index (χ1v) is 7.71. The molecule has 4 aromatic rings. The number of nitrogens with two attached hydrogens (primary N) is 1. The smallest absolute Gasteiger partial charge is 0.207 e. The summed E-state index contributed by atoms with van der Waals surface area (Å²) in [5, 5.41) is 11.4. The Morgan fingerprint density at radius 3 is 2.91 bits per heavy atom. The number of H-pyrrole nitrogens is 1. The zero-order valence-corrected chi connectivity index (χ0v) is 12.7. The molecule has 0 aliphatic heterocycles. The average Bonchev–Trinajstić information content (AvgIpc) is 3.22. The van der Waals surface area contributed by atoms with Crippen LogP contribution in [-0.2, 0) is 6.61 Å². The predicted octanol–water partition coefficient (Wildman–Crippen LogP) is 2.64. The van der Waals surface area contributed by atoms with Crippen LogP contribution in [-0.4, -0.2) is 25.4 Å². The van der Waals surface area contributed by atoms with Crippen LogP contribution in [0, 0.1) is 0 Å². The monoisotopic (exact) mass is 324 g/mol. The molecule has 0 spiro atoms. The van der Waals surface area contributed by atoms with Crippen LogP contribution < -0.4 is 10.5 Å². The number of aromatic nitrogens is 5. The molecule has 3 heterocycles. The van der Waals surface area contributed by atoms with Crippen molar-refractivity contribution in [2.24, 2.45) is 0 Å². The number of anilines is 1. The molecular formula is C15H12N6OS. The Morgan fingerprint density at radius 1 is 1.17 bits per heavy atom. The van der Waals surface area contributed by atoms with Crippen LogP contribution in [0.4, 0.5) is 5.82 Å². The van der Waals surface area contributed by atoms with Gasteiger partial charge in [-0.15, -0.1) is 16.4 Å². The number of nitrogen functional groups attached to an aromatic ring is 1. The highest BCUT2D eigenvalue weighted by Crippen LogP contribution is 2.27. The van der Waals surface area contributed by atoms with Crippen molar-refractivity contribution in [2.75, 3.05) is 5.73 Å². The summed E-state index contributed by atoms with van der Waals surface area (Å²) in [6, 6.07) is 11.7. The van der Waals surface area contributed by atoms with Crippen LogP contribution in [0.15, 0.2) is 42.6 Å². The van der Waals surface area contributed by atoms with E-state index in [0.717, 1.165) is 15.4 Å². The summed E-state index contributed by atoms with van der Waals surface area (Å²) in [6.45, 7) is 0.385. The number of pyridine rings is 1. The van der Waals surface area contributed by atoms with Gasteiger partial charge < -0.3 is 10.5 Å².